The third-order valence-electron chi connectivity index (χ3n) is 7.13. The summed E-state index contributed by atoms with van der Waals surface area (Å²) in [6, 6.07) is 7.21. The third-order valence-corrected chi connectivity index (χ3v) is 7.13. The van der Waals surface area contributed by atoms with Crippen LogP contribution >= 0.6 is 0 Å². The molecule has 0 atom stereocenters. The Balaban J connectivity index is 1.21. The lowest BCUT2D eigenvalue weighted by Gasteiger charge is -2.56. The van der Waals surface area contributed by atoms with Gasteiger partial charge in [0.1, 0.15) is 13.2 Å². The molecule has 5 aliphatic rings. The normalized spacial score (nSPS) is 32.4. The highest BCUT2D eigenvalue weighted by Gasteiger charge is 2.52. The molecule has 4 aliphatic carbocycles. The van der Waals surface area contributed by atoms with Gasteiger partial charge in [0.2, 0.25) is 0 Å². The van der Waals surface area contributed by atoms with E-state index in [0.717, 1.165) is 17.8 Å². The highest BCUT2D eigenvalue weighted by molar-refractivity contribution is 6.04. The number of fused-ring (bicyclic) bond motifs is 1. The van der Waals surface area contributed by atoms with E-state index in [0.29, 0.717) is 36.1 Å². The van der Waals surface area contributed by atoms with Crippen LogP contribution in [0.25, 0.3) is 0 Å². The van der Waals surface area contributed by atoms with E-state index in [1.165, 1.54) is 38.5 Å². The molecule has 28 heavy (non-hydrogen) atoms. The summed E-state index contributed by atoms with van der Waals surface area (Å²) in [5.41, 5.74) is 0.725. The molecule has 0 spiro atoms. The maximum Gasteiger partial charge on any atom is 0.257 e. The second-order valence-corrected chi connectivity index (χ2v) is 9.10. The molecule has 4 saturated carbocycles. The van der Waals surface area contributed by atoms with Gasteiger partial charge in [0.15, 0.2) is 17.3 Å². The van der Waals surface area contributed by atoms with Crippen molar-refractivity contribution in [3.05, 3.63) is 36.0 Å². The van der Waals surface area contributed by atoms with Crippen molar-refractivity contribution >= 4 is 11.7 Å². The van der Waals surface area contributed by atoms with Gasteiger partial charge in [-0.3, -0.25) is 9.48 Å². The predicted molar refractivity (Wildman–Crippen MR) is 104 cm³/mol. The van der Waals surface area contributed by atoms with Crippen LogP contribution in [0.2, 0.25) is 0 Å². The first kappa shape index (κ1) is 16.5. The summed E-state index contributed by atoms with van der Waals surface area (Å²) >= 11 is 0. The second-order valence-electron chi connectivity index (χ2n) is 9.10. The molecule has 6 nitrogen and oxygen atoms in total. The number of benzene rings is 1. The zero-order valence-corrected chi connectivity index (χ0v) is 15.9. The van der Waals surface area contributed by atoms with Crippen LogP contribution in [0.15, 0.2) is 30.5 Å². The Labute approximate surface area is 164 Å². The molecule has 4 fully saturated rings. The Bertz CT molecular complexity index is 900. The quantitative estimate of drug-likeness (QED) is 0.880. The van der Waals surface area contributed by atoms with Gasteiger partial charge in [-0.1, -0.05) is 0 Å². The third kappa shape index (κ3) is 2.61. The topological polar surface area (TPSA) is 65.4 Å². The summed E-state index contributed by atoms with van der Waals surface area (Å²) in [5, 5.41) is 7.73. The van der Waals surface area contributed by atoms with Crippen molar-refractivity contribution in [2.24, 2.45) is 17.8 Å². The van der Waals surface area contributed by atoms with E-state index in [4.69, 9.17) is 14.6 Å². The molecule has 0 unspecified atom stereocenters. The molecule has 1 aliphatic heterocycles. The van der Waals surface area contributed by atoms with Crippen LogP contribution < -0.4 is 14.8 Å². The van der Waals surface area contributed by atoms with Crippen molar-refractivity contribution in [1.82, 2.24) is 9.78 Å². The minimum Gasteiger partial charge on any atom is -0.486 e. The van der Waals surface area contributed by atoms with Crippen LogP contribution in [-0.2, 0) is 5.54 Å². The molecule has 7 rings (SSSR count). The van der Waals surface area contributed by atoms with E-state index in [1.54, 1.807) is 18.2 Å². The molecule has 146 valence electrons. The first-order valence-corrected chi connectivity index (χ1v) is 10.4. The molecule has 0 radical (unpaired) electrons. The van der Waals surface area contributed by atoms with E-state index in [9.17, 15) is 4.79 Å². The van der Waals surface area contributed by atoms with Gasteiger partial charge in [0.05, 0.1) is 5.54 Å². The van der Waals surface area contributed by atoms with Gasteiger partial charge in [0, 0.05) is 17.8 Å². The lowest BCUT2D eigenvalue weighted by molar-refractivity contribution is -0.0492. The number of carbonyl (C=O) groups is 1. The molecular formula is C22H25N3O3. The van der Waals surface area contributed by atoms with E-state index in [2.05, 4.69) is 16.2 Å². The number of hydrogen-bond acceptors (Lipinski definition) is 4. The summed E-state index contributed by atoms with van der Waals surface area (Å²) in [6.45, 7) is 1.05. The maximum absolute atomic E-state index is 12.7. The summed E-state index contributed by atoms with van der Waals surface area (Å²) in [4.78, 5) is 12.7. The average Bonchev–Trinajstić information content (AvgIpc) is 3.16. The van der Waals surface area contributed by atoms with Crippen molar-refractivity contribution in [2.75, 3.05) is 18.5 Å². The second kappa shape index (κ2) is 6.00. The first-order valence-electron chi connectivity index (χ1n) is 10.4. The van der Waals surface area contributed by atoms with Crippen LogP contribution in [-0.4, -0.2) is 28.9 Å². The van der Waals surface area contributed by atoms with Crippen LogP contribution in [0.4, 0.5) is 5.82 Å². The van der Waals surface area contributed by atoms with Crippen LogP contribution in [0.3, 0.4) is 0 Å². The molecule has 4 bridgehead atoms. The Morgan fingerprint density at radius 3 is 2.39 bits per heavy atom. The number of aromatic nitrogens is 2. The number of anilines is 1. The molecule has 2 aromatic rings. The molecular weight excluding hydrogens is 354 g/mol. The standard InChI is InChI=1S/C22H25N3O3/c26-21(17-1-2-18-19(10-17)28-6-5-27-18)23-20-3-4-25(24-20)22-11-14-7-15(12-22)9-16(8-14)13-22/h1-4,10,14-16H,5-9,11-13H2,(H,23,24,26). The fourth-order valence-corrected chi connectivity index (χ4v) is 6.37. The maximum atomic E-state index is 12.7. The fraction of sp³-hybridized carbons (Fsp3) is 0.545. The highest BCUT2D eigenvalue weighted by Crippen LogP contribution is 2.58. The number of ether oxygens (including phenoxy) is 2. The number of carbonyl (C=O) groups excluding carboxylic acids is 1. The summed E-state index contributed by atoms with van der Waals surface area (Å²) < 4.78 is 13.3. The van der Waals surface area contributed by atoms with E-state index < -0.39 is 0 Å². The van der Waals surface area contributed by atoms with Crippen LogP contribution in [0.5, 0.6) is 11.5 Å². The highest BCUT2D eigenvalue weighted by atomic mass is 16.6. The molecule has 1 aromatic carbocycles. The van der Waals surface area contributed by atoms with Crippen molar-refractivity contribution < 1.29 is 14.3 Å². The summed E-state index contributed by atoms with van der Waals surface area (Å²) in [5.74, 6) is 4.36. The van der Waals surface area contributed by atoms with Gasteiger partial charge in [-0.25, -0.2) is 0 Å². The van der Waals surface area contributed by atoms with Crippen LogP contribution in [0.1, 0.15) is 48.9 Å². The number of nitrogens with zero attached hydrogens (tertiary/aromatic N) is 2. The molecule has 6 heteroatoms. The molecule has 1 aromatic heterocycles. The lowest BCUT2D eigenvalue weighted by atomic mass is 9.53. The molecule has 0 saturated heterocycles. The van der Waals surface area contributed by atoms with Crippen molar-refractivity contribution in [3.8, 4) is 11.5 Å². The number of amides is 1. The van der Waals surface area contributed by atoms with Crippen LogP contribution in [0, 0.1) is 17.8 Å². The van der Waals surface area contributed by atoms with Gasteiger partial charge in [-0.2, -0.15) is 5.10 Å². The lowest BCUT2D eigenvalue weighted by Crippen LogP contribution is -2.52. The van der Waals surface area contributed by atoms with Gasteiger partial charge in [0.25, 0.3) is 5.91 Å². The zero-order valence-electron chi connectivity index (χ0n) is 15.9. The van der Waals surface area contributed by atoms with E-state index in [-0.39, 0.29) is 11.4 Å². The summed E-state index contributed by atoms with van der Waals surface area (Å²) in [6.07, 6.45) is 10.0. The van der Waals surface area contributed by atoms with Gasteiger partial charge in [-0.05, 0) is 74.5 Å². The zero-order chi connectivity index (χ0) is 18.7. The van der Waals surface area contributed by atoms with Gasteiger partial charge < -0.3 is 14.8 Å². The summed E-state index contributed by atoms with van der Waals surface area (Å²) in [7, 11) is 0. The Hall–Kier alpha value is -2.50. The average molecular weight is 379 g/mol. The van der Waals surface area contributed by atoms with Crippen molar-refractivity contribution in [2.45, 2.75) is 44.1 Å². The molecule has 1 N–H and O–H groups in total. The SMILES string of the molecule is O=C(Nc1ccn(C23CC4CC(CC(C4)C2)C3)n1)c1ccc2c(c1)OCCO2. The Kier molecular flexibility index (Phi) is 3.52. The first-order chi connectivity index (χ1) is 13.7. The largest absolute Gasteiger partial charge is 0.486 e. The number of hydrogen-bond donors (Lipinski definition) is 1. The van der Waals surface area contributed by atoms with Gasteiger partial charge >= 0.3 is 0 Å². The fourth-order valence-electron chi connectivity index (χ4n) is 6.37. The number of nitrogens with one attached hydrogen (secondary N) is 1. The molecule has 2 heterocycles. The van der Waals surface area contributed by atoms with E-state index in [1.807, 2.05) is 6.07 Å². The monoisotopic (exact) mass is 379 g/mol. The van der Waals surface area contributed by atoms with Crippen molar-refractivity contribution in [3.63, 3.8) is 0 Å². The number of rotatable bonds is 3. The van der Waals surface area contributed by atoms with Gasteiger partial charge in [-0.15, -0.1) is 0 Å². The molecule has 1 amide bonds. The Morgan fingerprint density at radius 1 is 1.00 bits per heavy atom. The van der Waals surface area contributed by atoms with E-state index >= 15 is 0 Å². The minimum atomic E-state index is -0.173. The van der Waals surface area contributed by atoms with Crippen molar-refractivity contribution in [1.29, 1.82) is 0 Å². The Morgan fingerprint density at radius 2 is 1.68 bits per heavy atom. The predicted octanol–water partition coefficient (Wildman–Crippen LogP) is 3.83. The smallest absolute Gasteiger partial charge is 0.257 e. The minimum absolute atomic E-state index is 0.173.